The predicted octanol–water partition coefficient (Wildman–Crippen LogP) is 1.46. The van der Waals surface area contributed by atoms with E-state index in [1.54, 1.807) is 26.0 Å². The molecule has 2 N–H and O–H groups in total. The number of carbonyl (C=O) groups excluding carboxylic acids is 1. The van der Waals surface area contributed by atoms with Crippen molar-refractivity contribution in [1.82, 2.24) is 4.72 Å². The fourth-order valence-corrected chi connectivity index (χ4v) is 2.28. The van der Waals surface area contributed by atoms with Crippen LogP contribution in [0.25, 0.3) is 0 Å². The lowest BCUT2D eigenvalue weighted by atomic mass is 10.1. The lowest BCUT2D eigenvalue weighted by Crippen LogP contribution is -2.30. The van der Waals surface area contributed by atoms with Crippen LogP contribution in [0.4, 0.5) is 5.69 Å². The van der Waals surface area contributed by atoms with Crippen LogP contribution in [0.15, 0.2) is 18.2 Å². The Morgan fingerprint density at radius 3 is 2.53 bits per heavy atom. The first-order valence-corrected chi connectivity index (χ1v) is 6.73. The molecule has 0 unspecified atom stereocenters. The number of carbonyl (C=O) groups is 1. The zero-order chi connectivity index (χ0) is 13.1. The van der Waals surface area contributed by atoms with Crippen LogP contribution in [0.3, 0.4) is 0 Å². The molecule has 5 nitrogen and oxygen atoms in total. The summed E-state index contributed by atoms with van der Waals surface area (Å²) in [4.78, 5) is 11.2. The van der Waals surface area contributed by atoms with E-state index < -0.39 is 10.2 Å². The molecule has 0 saturated carbocycles. The lowest BCUT2D eigenvalue weighted by Gasteiger charge is -2.11. The number of rotatable bonds is 5. The molecule has 1 aromatic carbocycles. The zero-order valence-electron chi connectivity index (χ0n) is 10.1. The standard InChI is InChI=1S/C11H16N2O3S/c1-4-12-17(15,16)13-11-7-10(9(3)14)6-5-8(11)2/h5-7,12-13H,4H2,1-3H3. The largest absolute Gasteiger partial charge is 0.299 e. The molecule has 0 fully saturated rings. The van der Waals surface area contributed by atoms with Gasteiger partial charge in [0.25, 0.3) is 10.2 Å². The number of nitrogens with one attached hydrogen (secondary N) is 2. The van der Waals surface area contributed by atoms with E-state index in [9.17, 15) is 13.2 Å². The first kappa shape index (κ1) is 13.7. The summed E-state index contributed by atoms with van der Waals surface area (Å²) in [7, 11) is -3.56. The quantitative estimate of drug-likeness (QED) is 0.783. The Hall–Kier alpha value is -1.40. The molecule has 0 saturated heterocycles. The normalized spacial score (nSPS) is 11.2. The van der Waals surface area contributed by atoms with Crippen molar-refractivity contribution in [2.45, 2.75) is 20.8 Å². The third kappa shape index (κ3) is 3.83. The summed E-state index contributed by atoms with van der Waals surface area (Å²) < 4.78 is 27.8. The maximum Gasteiger partial charge on any atom is 0.299 e. The van der Waals surface area contributed by atoms with Gasteiger partial charge in [-0.2, -0.15) is 13.1 Å². The van der Waals surface area contributed by atoms with Gasteiger partial charge >= 0.3 is 0 Å². The summed E-state index contributed by atoms with van der Waals surface area (Å²) >= 11 is 0. The summed E-state index contributed by atoms with van der Waals surface area (Å²) in [5, 5.41) is 0. The second kappa shape index (κ2) is 5.29. The Balaban J connectivity index is 3.06. The van der Waals surface area contributed by atoms with Crippen molar-refractivity contribution in [3.63, 3.8) is 0 Å². The van der Waals surface area contributed by atoms with Crippen LogP contribution in [-0.2, 0) is 10.2 Å². The van der Waals surface area contributed by atoms with Gasteiger partial charge in [-0.05, 0) is 25.5 Å². The maximum atomic E-state index is 11.5. The topological polar surface area (TPSA) is 75.3 Å². The highest BCUT2D eigenvalue weighted by Crippen LogP contribution is 2.18. The van der Waals surface area contributed by atoms with Gasteiger partial charge in [-0.1, -0.05) is 19.1 Å². The number of Topliss-reactive ketones (excluding diaryl/α,β-unsaturated/α-hetero) is 1. The Labute approximate surface area is 101 Å². The Bertz CT molecular complexity index is 524. The van der Waals surface area contributed by atoms with E-state index in [0.29, 0.717) is 17.8 Å². The minimum atomic E-state index is -3.56. The Kier molecular flexibility index (Phi) is 4.25. The molecule has 0 aliphatic rings. The van der Waals surface area contributed by atoms with Gasteiger partial charge in [-0.15, -0.1) is 0 Å². The van der Waals surface area contributed by atoms with E-state index in [4.69, 9.17) is 0 Å². The van der Waals surface area contributed by atoms with Gasteiger partial charge in [0.05, 0.1) is 5.69 Å². The molecule has 0 radical (unpaired) electrons. The molecule has 1 aromatic rings. The van der Waals surface area contributed by atoms with Crippen molar-refractivity contribution < 1.29 is 13.2 Å². The predicted molar refractivity (Wildman–Crippen MR) is 67.4 cm³/mol. The molecule has 1 rings (SSSR count). The molecule has 6 heteroatoms. The molecule has 0 aliphatic carbocycles. The van der Waals surface area contributed by atoms with E-state index >= 15 is 0 Å². The van der Waals surface area contributed by atoms with Crippen molar-refractivity contribution in [2.75, 3.05) is 11.3 Å². The van der Waals surface area contributed by atoms with Gasteiger partial charge in [0.2, 0.25) is 0 Å². The van der Waals surface area contributed by atoms with Crippen LogP contribution >= 0.6 is 0 Å². The molecule has 0 amide bonds. The molecule has 0 heterocycles. The van der Waals surface area contributed by atoms with Crippen molar-refractivity contribution >= 4 is 21.7 Å². The van der Waals surface area contributed by atoms with Crippen molar-refractivity contribution in [3.05, 3.63) is 29.3 Å². The fourth-order valence-electron chi connectivity index (χ4n) is 1.32. The smallest absolute Gasteiger partial charge is 0.295 e. The van der Waals surface area contributed by atoms with Crippen molar-refractivity contribution in [3.8, 4) is 0 Å². The van der Waals surface area contributed by atoms with Crippen LogP contribution in [0, 0.1) is 6.92 Å². The summed E-state index contributed by atoms with van der Waals surface area (Å²) in [6.07, 6.45) is 0. The molecular weight excluding hydrogens is 240 g/mol. The maximum absolute atomic E-state index is 11.5. The first-order valence-electron chi connectivity index (χ1n) is 5.24. The molecule has 0 aliphatic heterocycles. The van der Waals surface area contributed by atoms with E-state index in [1.807, 2.05) is 0 Å². The van der Waals surface area contributed by atoms with Crippen LogP contribution in [0.2, 0.25) is 0 Å². The summed E-state index contributed by atoms with van der Waals surface area (Å²) in [6.45, 7) is 5.21. The minimum Gasteiger partial charge on any atom is -0.295 e. The van der Waals surface area contributed by atoms with Gasteiger partial charge in [-0.3, -0.25) is 9.52 Å². The van der Waals surface area contributed by atoms with Crippen LogP contribution in [0.1, 0.15) is 29.8 Å². The van der Waals surface area contributed by atoms with Crippen LogP contribution < -0.4 is 9.44 Å². The highest BCUT2D eigenvalue weighted by atomic mass is 32.2. The van der Waals surface area contributed by atoms with Crippen molar-refractivity contribution in [1.29, 1.82) is 0 Å². The number of hydrogen-bond donors (Lipinski definition) is 2. The monoisotopic (exact) mass is 256 g/mol. The minimum absolute atomic E-state index is 0.103. The number of benzene rings is 1. The molecule has 0 spiro atoms. The van der Waals surface area contributed by atoms with Gasteiger partial charge in [-0.25, -0.2) is 0 Å². The van der Waals surface area contributed by atoms with Crippen LogP contribution in [-0.4, -0.2) is 20.7 Å². The molecular formula is C11H16N2O3S. The number of anilines is 1. The highest BCUT2D eigenvalue weighted by molar-refractivity contribution is 7.90. The first-order chi connectivity index (χ1) is 7.85. The van der Waals surface area contributed by atoms with Gasteiger partial charge in [0.15, 0.2) is 5.78 Å². The number of ketones is 1. The Morgan fingerprint density at radius 2 is 2.00 bits per heavy atom. The lowest BCUT2D eigenvalue weighted by molar-refractivity contribution is 0.101. The highest BCUT2D eigenvalue weighted by Gasteiger charge is 2.11. The van der Waals surface area contributed by atoms with E-state index in [-0.39, 0.29) is 5.78 Å². The van der Waals surface area contributed by atoms with Gasteiger partial charge in [0, 0.05) is 12.1 Å². The second-order valence-corrected chi connectivity index (χ2v) is 5.19. The van der Waals surface area contributed by atoms with Gasteiger partial charge in [0.1, 0.15) is 0 Å². The molecule has 94 valence electrons. The van der Waals surface area contributed by atoms with E-state index in [2.05, 4.69) is 9.44 Å². The summed E-state index contributed by atoms with van der Waals surface area (Å²) in [5.74, 6) is -0.103. The average Bonchev–Trinajstić information content (AvgIpc) is 2.20. The summed E-state index contributed by atoms with van der Waals surface area (Å²) in [6, 6.07) is 4.91. The van der Waals surface area contributed by atoms with Crippen molar-refractivity contribution in [2.24, 2.45) is 0 Å². The molecule has 0 aromatic heterocycles. The van der Waals surface area contributed by atoms with E-state index in [0.717, 1.165) is 5.56 Å². The third-order valence-corrected chi connectivity index (χ3v) is 3.38. The number of aryl methyl sites for hydroxylation is 1. The molecule has 17 heavy (non-hydrogen) atoms. The third-order valence-electron chi connectivity index (χ3n) is 2.22. The molecule has 0 atom stereocenters. The van der Waals surface area contributed by atoms with E-state index in [1.165, 1.54) is 13.0 Å². The van der Waals surface area contributed by atoms with Crippen LogP contribution in [0.5, 0.6) is 0 Å². The average molecular weight is 256 g/mol. The SMILES string of the molecule is CCNS(=O)(=O)Nc1cc(C(C)=O)ccc1C. The Morgan fingerprint density at radius 1 is 1.35 bits per heavy atom. The fraction of sp³-hybridized carbons (Fsp3) is 0.364. The van der Waals surface area contributed by atoms with Gasteiger partial charge < -0.3 is 0 Å². The zero-order valence-corrected chi connectivity index (χ0v) is 10.9. The molecule has 0 bridgehead atoms. The second-order valence-electron chi connectivity index (χ2n) is 3.69. The number of hydrogen-bond acceptors (Lipinski definition) is 3. The summed E-state index contributed by atoms with van der Waals surface area (Å²) in [5.41, 5.74) is 1.65.